The molecular weight excluding hydrogens is 442 g/mol. The van der Waals surface area contributed by atoms with Crippen LogP contribution in [0.2, 0.25) is 0 Å². The molecule has 0 aliphatic carbocycles. The number of carbonyl (C=O) groups is 1. The molecule has 2 aliphatic heterocycles. The predicted molar refractivity (Wildman–Crippen MR) is 134 cm³/mol. The molecule has 3 aromatic carbocycles. The fourth-order valence-corrected chi connectivity index (χ4v) is 5.19. The number of H-pyrrole nitrogens is 1. The van der Waals surface area contributed by atoms with E-state index in [0.717, 1.165) is 54.9 Å². The largest absolute Gasteiger partial charge is 0.417 e. The van der Waals surface area contributed by atoms with E-state index in [2.05, 4.69) is 28.5 Å². The highest BCUT2D eigenvalue weighted by Gasteiger charge is 2.37. The molecule has 1 saturated heterocycles. The van der Waals surface area contributed by atoms with E-state index >= 15 is 0 Å². The van der Waals surface area contributed by atoms with Crippen molar-refractivity contribution >= 4 is 22.7 Å². The maximum Gasteiger partial charge on any atom is 0.417 e. The third-order valence-corrected chi connectivity index (χ3v) is 6.98. The molecule has 1 unspecified atom stereocenters. The molecule has 0 bridgehead atoms. The number of oxazole rings is 1. The zero-order valence-corrected chi connectivity index (χ0v) is 19.3. The van der Waals surface area contributed by atoms with E-state index in [0.29, 0.717) is 23.7 Å². The van der Waals surface area contributed by atoms with Crippen LogP contribution < -0.4 is 11.1 Å². The lowest BCUT2D eigenvalue weighted by Crippen LogP contribution is -2.29. The molecule has 4 aromatic rings. The number of hydrogen-bond donors (Lipinski definition) is 2. The van der Waals surface area contributed by atoms with Gasteiger partial charge >= 0.3 is 5.76 Å². The van der Waals surface area contributed by atoms with Gasteiger partial charge in [0.15, 0.2) is 5.58 Å². The predicted octanol–water partition coefficient (Wildman–Crippen LogP) is 4.65. The number of carbonyl (C=O) groups excluding carboxylic acids is 1. The SMILES string of the molecule is O=C1c2ccc(NC3CCOCC3)cc2C(Cc2ccccc2)N1Cc1ccc2[nH]c(=O)oc2c1. The highest BCUT2D eigenvalue weighted by molar-refractivity contribution is 5.99. The van der Waals surface area contributed by atoms with Crippen molar-refractivity contribution in [2.24, 2.45) is 0 Å². The Balaban J connectivity index is 1.33. The number of fused-ring (bicyclic) bond motifs is 2. The van der Waals surface area contributed by atoms with Crippen LogP contribution in [0.5, 0.6) is 0 Å². The van der Waals surface area contributed by atoms with Crippen molar-refractivity contribution in [2.45, 2.75) is 37.9 Å². The van der Waals surface area contributed by atoms with Crippen LogP contribution in [0.1, 0.15) is 45.9 Å². The van der Waals surface area contributed by atoms with E-state index in [1.165, 1.54) is 5.56 Å². The molecule has 0 saturated carbocycles. The van der Waals surface area contributed by atoms with Gasteiger partial charge in [0, 0.05) is 37.1 Å². The molecule has 7 nitrogen and oxygen atoms in total. The number of ether oxygens (including phenoxy) is 1. The average molecular weight is 470 g/mol. The molecular formula is C28H27N3O4. The summed E-state index contributed by atoms with van der Waals surface area (Å²) in [5.41, 5.74) is 6.08. The van der Waals surface area contributed by atoms with E-state index in [9.17, 15) is 9.59 Å². The number of anilines is 1. The number of rotatable bonds is 6. The first kappa shape index (κ1) is 21.7. The third kappa shape index (κ3) is 4.35. The van der Waals surface area contributed by atoms with E-state index in [1.54, 1.807) is 0 Å². The van der Waals surface area contributed by atoms with Crippen LogP contribution >= 0.6 is 0 Å². The first-order valence-corrected chi connectivity index (χ1v) is 12.1. The lowest BCUT2D eigenvalue weighted by atomic mass is 9.97. The first-order valence-electron chi connectivity index (χ1n) is 12.1. The number of aromatic nitrogens is 1. The Morgan fingerprint density at radius 2 is 1.77 bits per heavy atom. The third-order valence-electron chi connectivity index (χ3n) is 6.98. The van der Waals surface area contributed by atoms with E-state index in [1.807, 2.05) is 53.4 Å². The molecule has 1 atom stereocenters. The minimum Gasteiger partial charge on any atom is -0.408 e. The van der Waals surface area contributed by atoms with E-state index < -0.39 is 5.76 Å². The molecule has 0 spiro atoms. The molecule has 0 radical (unpaired) electrons. The number of amides is 1. The maximum atomic E-state index is 13.6. The highest BCUT2D eigenvalue weighted by atomic mass is 16.5. The molecule has 178 valence electrons. The van der Waals surface area contributed by atoms with Crippen LogP contribution in [-0.2, 0) is 17.7 Å². The van der Waals surface area contributed by atoms with Gasteiger partial charge in [-0.1, -0.05) is 36.4 Å². The molecule has 1 fully saturated rings. The average Bonchev–Trinajstić information content (AvgIpc) is 3.37. The van der Waals surface area contributed by atoms with Crippen molar-refractivity contribution in [3.63, 3.8) is 0 Å². The van der Waals surface area contributed by atoms with Crippen molar-refractivity contribution in [1.82, 2.24) is 9.88 Å². The number of nitrogens with one attached hydrogen (secondary N) is 2. The molecule has 2 aliphatic rings. The van der Waals surface area contributed by atoms with Gasteiger partial charge in [0.25, 0.3) is 5.91 Å². The second-order valence-corrected chi connectivity index (χ2v) is 9.32. The van der Waals surface area contributed by atoms with Gasteiger partial charge in [0.1, 0.15) is 0 Å². The quantitative estimate of drug-likeness (QED) is 0.429. The van der Waals surface area contributed by atoms with Gasteiger partial charge in [-0.3, -0.25) is 9.78 Å². The minimum absolute atomic E-state index is 0.0224. The van der Waals surface area contributed by atoms with Crippen molar-refractivity contribution < 1.29 is 13.9 Å². The molecule has 3 heterocycles. The summed E-state index contributed by atoms with van der Waals surface area (Å²) in [7, 11) is 0. The topological polar surface area (TPSA) is 87.6 Å². The van der Waals surface area contributed by atoms with Crippen LogP contribution in [-0.4, -0.2) is 35.0 Å². The van der Waals surface area contributed by atoms with Crippen molar-refractivity contribution in [1.29, 1.82) is 0 Å². The standard InChI is InChI=1S/C28H27N3O4/c32-27-22-8-7-21(29-20-10-12-34-13-11-20)16-23(22)25(14-18-4-2-1-3-5-18)31(27)17-19-6-9-24-26(15-19)35-28(33)30-24/h1-9,15-16,20,25,29H,10-14,17H2,(H,30,33). The van der Waals surface area contributed by atoms with Gasteiger partial charge in [-0.05, 0) is 66.3 Å². The van der Waals surface area contributed by atoms with Gasteiger partial charge in [-0.25, -0.2) is 4.79 Å². The number of aromatic amines is 1. The van der Waals surface area contributed by atoms with Crippen molar-refractivity contribution in [3.05, 3.63) is 99.5 Å². The maximum absolute atomic E-state index is 13.6. The summed E-state index contributed by atoms with van der Waals surface area (Å²) >= 11 is 0. The van der Waals surface area contributed by atoms with Crippen molar-refractivity contribution in [3.8, 4) is 0 Å². The van der Waals surface area contributed by atoms with Crippen LogP contribution in [0, 0.1) is 0 Å². The van der Waals surface area contributed by atoms with Crippen LogP contribution in [0.4, 0.5) is 5.69 Å². The summed E-state index contributed by atoms with van der Waals surface area (Å²) < 4.78 is 10.7. The lowest BCUT2D eigenvalue weighted by molar-refractivity contribution is 0.0709. The Hall–Kier alpha value is -3.84. The summed E-state index contributed by atoms with van der Waals surface area (Å²) in [6.45, 7) is 1.98. The summed E-state index contributed by atoms with van der Waals surface area (Å²) in [4.78, 5) is 29.8. The van der Waals surface area contributed by atoms with Gasteiger partial charge < -0.3 is 19.4 Å². The lowest BCUT2D eigenvalue weighted by Gasteiger charge is -2.26. The van der Waals surface area contributed by atoms with Gasteiger partial charge in [-0.2, -0.15) is 0 Å². The smallest absolute Gasteiger partial charge is 0.408 e. The second kappa shape index (κ2) is 9.07. The Kier molecular flexibility index (Phi) is 5.62. The summed E-state index contributed by atoms with van der Waals surface area (Å²) in [5.74, 6) is -0.456. The van der Waals surface area contributed by atoms with Crippen LogP contribution in [0.3, 0.4) is 0 Å². The Morgan fingerprint density at radius 3 is 2.60 bits per heavy atom. The highest BCUT2D eigenvalue weighted by Crippen LogP contribution is 2.39. The number of nitrogens with zero attached hydrogens (tertiary/aromatic N) is 1. The zero-order valence-electron chi connectivity index (χ0n) is 19.3. The summed E-state index contributed by atoms with van der Waals surface area (Å²) in [6, 6.07) is 22.3. The summed E-state index contributed by atoms with van der Waals surface area (Å²) in [5, 5.41) is 3.64. The summed E-state index contributed by atoms with van der Waals surface area (Å²) in [6.07, 6.45) is 2.68. The molecule has 6 rings (SSSR count). The van der Waals surface area contributed by atoms with Gasteiger partial charge in [-0.15, -0.1) is 0 Å². The Bertz CT molecular complexity index is 1420. The van der Waals surface area contributed by atoms with Crippen LogP contribution in [0.15, 0.2) is 75.9 Å². The van der Waals surface area contributed by atoms with E-state index in [-0.39, 0.29) is 11.9 Å². The minimum atomic E-state index is -0.478. The number of hydrogen-bond acceptors (Lipinski definition) is 5. The Labute approximate surface area is 202 Å². The monoisotopic (exact) mass is 469 g/mol. The fourth-order valence-electron chi connectivity index (χ4n) is 5.19. The van der Waals surface area contributed by atoms with E-state index in [4.69, 9.17) is 9.15 Å². The molecule has 7 heteroatoms. The van der Waals surface area contributed by atoms with Crippen LogP contribution in [0.25, 0.3) is 11.1 Å². The Morgan fingerprint density at radius 1 is 0.943 bits per heavy atom. The van der Waals surface area contributed by atoms with Gasteiger partial charge in [0.2, 0.25) is 0 Å². The normalized spacial score (nSPS) is 18.2. The van der Waals surface area contributed by atoms with Crippen molar-refractivity contribution in [2.75, 3.05) is 18.5 Å². The molecule has 35 heavy (non-hydrogen) atoms. The second-order valence-electron chi connectivity index (χ2n) is 9.32. The number of benzene rings is 3. The molecule has 1 aromatic heterocycles. The zero-order chi connectivity index (χ0) is 23.8. The fraction of sp³-hybridized carbons (Fsp3) is 0.286. The molecule has 2 N–H and O–H groups in total. The molecule has 1 amide bonds. The first-order chi connectivity index (χ1) is 17.1. The van der Waals surface area contributed by atoms with Gasteiger partial charge in [0.05, 0.1) is 11.6 Å².